The van der Waals surface area contributed by atoms with E-state index in [-0.39, 0.29) is 12.0 Å². The van der Waals surface area contributed by atoms with Crippen molar-refractivity contribution in [2.75, 3.05) is 6.61 Å². The predicted molar refractivity (Wildman–Crippen MR) is 116 cm³/mol. The van der Waals surface area contributed by atoms with Crippen LogP contribution in [0.2, 0.25) is 0 Å². The largest absolute Gasteiger partial charge is 0.488 e. The van der Waals surface area contributed by atoms with Crippen LogP contribution in [-0.2, 0) is 4.74 Å². The first-order valence-corrected chi connectivity index (χ1v) is 11.0. The highest BCUT2D eigenvalue weighted by Gasteiger charge is 2.28. The van der Waals surface area contributed by atoms with Crippen molar-refractivity contribution in [2.24, 2.45) is 0 Å². The van der Waals surface area contributed by atoms with Crippen molar-refractivity contribution in [3.63, 3.8) is 0 Å². The highest BCUT2D eigenvalue weighted by Crippen LogP contribution is 2.24. The summed E-state index contributed by atoms with van der Waals surface area (Å²) in [6.45, 7) is 8.40. The number of carbonyl (C=O) groups is 1. The van der Waals surface area contributed by atoms with Gasteiger partial charge in [0.25, 0.3) is 0 Å². The molecule has 1 aromatic rings. The molecule has 0 aliphatic heterocycles. The normalized spacial score (nSPS) is 13.8. The van der Waals surface area contributed by atoms with Gasteiger partial charge in [0.15, 0.2) is 0 Å². The highest BCUT2D eigenvalue weighted by molar-refractivity contribution is 5.87. The van der Waals surface area contributed by atoms with Crippen molar-refractivity contribution in [1.82, 2.24) is 0 Å². The van der Waals surface area contributed by atoms with Crippen LogP contribution in [-0.4, -0.2) is 35.6 Å². The van der Waals surface area contributed by atoms with Crippen LogP contribution >= 0.6 is 0 Å². The van der Waals surface area contributed by atoms with Gasteiger partial charge in [0.05, 0.1) is 11.2 Å². The van der Waals surface area contributed by atoms with Crippen LogP contribution in [0.4, 0.5) is 4.39 Å². The summed E-state index contributed by atoms with van der Waals surface area (Å²) in [5, 5.41) is 8.92. The molecule has 0 aliphatic carbocycles. The Hall–Kier alpha value is -1.62. The van der Waals surface area contributed by atoms with Gasteiger partial charge in [-0.15, -0.1) is 0 Å². The number of alkyl halides is 1. The first-order chi connectivity index (χ1) is 13.7. The van der Waals surface area contributed by atoms with E-state index in [1.807, 2.05) is 13.8 Å². The van der Waals surface area contributed by atoms with Crippen molar-refractivity contribution < 1.29 is 23.8 Å². The van der Waals surface area contributed by atoms with Gasteiger partial charge in [-0.05, 0) is 51.5 Å². The van der Waals surface area contributed by atoms with Gasteiger partial charge in [0.2, 0.25) is 0 Å². The quantitative estimate of drug-likeness (QED) is 0.304. The summed E-state index contributed by atoms with van der Waals surface area (Å²) in [6.07, 6.45) is 8.39. The fourth-order valence-corrected chi connectivity index (χ4v) is 3.24. The van der Waals surface area contributed by atoms with Crippen LogP contribution in [0.3, 0.4) is 0 Å². The van der Waals surface area contributed by atoms with Crippen LogP contribution < -0.4 is 4.74 Å². The molecule has 1 N–H and O–H groups in total. The summed E-state index contributed by atoms with van der Waals surface area (Å²) < 4.78 is 26.2. The number of halogens is 1. The Labute approximate surface area is 175 Å². The fourth-order valence-electron chi connectivity index (χ4n) is 3.24. The average Bonchev–Trinajstić information content (AvgIpc) is 2.66. The summed E-state index contributed by atoms with van der Waals surface area (Å²) in [7, 11) is 0. The Morgan fingerprint density at radius 2 is 1.59 bits per heavy atom. The van der Waals surface area contributed by atoms with Crippen molar-refractivity contribution in [2.45, 2.75) is 103 Å². The molecule has 0 amide bonds. The van der Waals surface area contributed by atoms with Crippen LogP contribution in [0.15, 0.2) is 24.3 Å². The summed E-state index contributed by atoms with van der Waals surface area (Å²) in [5.74, 6) is -0.536. The number of hydrogen-bond donors (Lipinski definition) is 1. The van der Waals surface area contributed by atoms with Gasteiger partial charge in [-0.1, -0.05) is 51.9 Å². The zero-order valence-electron chi connectivity index (χ0n) is 18.6. The van der Waals surface area contributed by atoms with Crippen molar-refractivity contribution in [1.29, 1.82) is 0 Å². The predicted octanol–water partition coefficient (Wildman–Crippen LogP) is 6.82. The number of carboxylic acids is 1. The number of carboxylic acid groups (broad SMARTS) is 1. The first-order valence-electron chi connectivity index (χ1n) is 11.0. The van der Waals surface area contributed by atoms with E-state index in [4.69, 9.17) is 14.6 Å². The SMILES string of the molecule is CCCCCCCCCCOC(C)(C)C[C@H](F)[C@H](C)Oc1ccc(C(=O)O)cc1. The molecular weight excluding hydrogens is 371 g/mol. The molecule has 0 unspecified atom stereocenters. The lowest BCUT2D eigenvalue weighted by molar-refractivity contribution is -0.0513. The van der Waals surface area contributed by atoms with Crippen molar-refractivity contribution >= 4 is 5.97 Å². The Balaban J connectivity index is 2.26. The second kappa shape index (κ2) is 13.6. The first kappa shape index (κ1) is 25.4. The lowest BCUT2D eigenvalue weighted by Crippen LogP contribution is -2.35. The topological polar surface area (TPSA) is 55.8 Å². The van der Waals surface area contributed by atoms with Crippen LogP contribution in [0.1, 0.15) is 95.8 Å². The minimum Gasteiger partial charge on any atom is -0.488 e. The minimum absolute atomic E-state index is 0.178. The molecule has 1 aromatic carbocycles. The lowest BCUT2D eigenvalue weighted by Gasteiger charge is -2.29. The Morgan fingerprint density at radius 3 is 2.14 bits per heavy atom. The third-order valence-corrected chi connectivity index (χ3v) is 5.11. The monoisotopic (exact) mass is 410 g/mol. The molecule has 0 heterocycles. The van der Waals surface area contributed by atoms with Crippen LogP contribution in [0, 0.1) is 0 Å². The Morgan fingerprint density at radius 1 is 1.03 bits per heavy atom. The van der Waals surface area contributed by atoms with Crippen LogP contribution in [0.5, 0.6) is 5.75 Å². The molecule has 2 atom stereocenters. The van der Waals surface area contributed by atoms with Gasteiger partial charge in [0.1, 0.15) is 18.0 Å². The molecule has 0 spiro atoms. The van der Waals surface area contributed by atoms with E-state index >= 15 is 0 Å². The maximum atomic E-state index is 14.7. The van der Waals surface area contributed by atoms with E-state index in [0.717, 1.165) is 12.8 Å². The maximum Gasteiger partial charge on any atom is 0.335 e. The summed E-state index contributed by atoms with van der Waals surface area (Å²) in [6, 6.07) is 6.01. The summed E-state index contributed by atoms with van der Waals surface area (Å²) >= 11 is 0. The molecule has 0 bridgehead atoms. The number of aromatic carboxylic acids is 1. The smallest absolute Gasteiger partial charge is 0.335 e. The number of hydrogen-bond acceptors (Lipinski definition) is 3. The lowest BCUT2D eigenvalue weighted by atomic mass is 9.98. The molecule has 29 heavy (non-hydrogen) atoms. The van der Waals surface area contributed by atoms with Crippen LogP contribution in [0.25, 0.3) is 0 Å². The molecule has 5 heteroatoms. The number of benzene rings is 1. The molecular formula is C24H39FO4. The van der Waals surface area contributed by atoms with Crippen molar-refractivity contribution in [3.05, 3.63) is 29.8 Å². The third-order valence-electron chi connectivity index (χ3n) is 5.11. The third kappa shape index (κ3) is 11.2. The standard InChI is InChI=1S/C24H39FO4/c1-5-6-7-8-9-10-11-12-17-28-24(3,4)18-22(25)19(2)29-21-15-13-20(14-16-21)23(26)27/h13-16,19,22H,5-12,17-18H2,1-4H3,(H,26,27)/t19-,22-/m0/s1. The van der Waals surface area contributed by atoms with E-state index in [1.54, 1.807) is 19.1 Å². The van der Waals surface area contributed by atoms with Gasteiger partial charge >= 0.3 is 5.97 Å². The average molecular weight is 411 g/mol. The van der Waals surface area contributed by atoms with Gasteiger partial charge in [-0.25, -0.2) is 9.18 Å². The number of ether oxygens (including phenoxy) is 2. The van der Waals surface area contributed by atoms with E-state index in [1.165, 1.54) is 50.7 Å². The van der Waals surface area contributed by atoms with Gasteiger partial charge < -0.3 is 14.6 Å². The second-order valence-electron chi connectivity index (χ2n) is 8.46. The minimum atomic E-state index is -1.18. The number of rotatable bonds is 16. The molecule has 166 valence electrons. The number of unbranched alkanes of at least 4 members (excludes halogenated alkanes) is 7. The highest BCUT2D eigenvalue weighted by atomic mass is 19.1. The van der Waals surface area contributed by atoms with Gasteiger partial charge in [-0.3, -0.25) is 0 Å². The Kier molecular flexibility index (Phi) is 11.9. The van der Waals surface area contributed by atoms with Gasteiger partial charge in [-0.2, -0.15) is 0 Å². The van der Waals surface area contributed by atoms with E-state index < -0.39 is 23.8 Å². The molecule has 0 radical (unpaired) electrons. The summed E-state index contributed by atoms with van der Waals surface area (Å²) in [5.41, 5.74) is -0.372. The second-order valence-corrected chi connectivity index (χ2v) is 8.46. The molecule has 0 fully saturated rings. The molecule has 4 nitrogen and oxygen atoms in total. The molecule has 0 aliphatic rings. The molecule has 1 rings (SSSR count). The van der Waals surface area contributed by atoms with E-state index in [0.29, 0.717) is 12.4 Å². The van der Waals surface area contributed by atoms with Crippen molar-refractivity contribution in [3.8, 4) is 5.75 Å². The molecule has 0 aromatic heterocycles. The zero-order chi connectivity index (χ0) is 21.7. The maximum absolute atomic E-state index is 14.7. The van der Waals surface area contributed by atoms with E-state index in [9.17, 15) is 9.18 Å². The molecule has 0 saturated heterocycles. The zero-order valence-corrected chi connectivity index (χ0v) is 18.6. The Bertz CT molecular complexity index is 571. The molecule has 0 saturated carbocycles. The fraction of sp³-hybridized carbons (Fsp3) is 0.708. The summed E-state index contributed by atoms with van der Waals surface area (Å²) in [4.78, 5) is 10.9. The van der Waals surface area contributed by atoms with Gasteiger partial charge in [0, 0.05) is 13.0 Å². The van der Waals surface area contributed by atoms with E-state index in [2.05, 4.69) is 6.92 Å².